The molecule has 3 saturated heterocycles. The van der Waals surface area contributed by atoms with Gasteiger partial charge in [-0.05, 0) is 107 Å². The van der Waals surface area contributed by atoms with Gasteiger partial charge in [0.05, 0.1) is 34.4 Å². The topological polar surface area (TPSA) is 184 Å². The van der Waals surface area contributed by atoms with Gasteiger partial charge in [-0.2, -0.15) is 15.5 Å². The lowest BCUT2D eigenvalue weighted by Crippen LogP contribution is -2.54. The van der Waals surface area contributed by atoms with Crippen LogP contribution in [0.1, 0.15) is 86.5 Å². The molecule has 316 valence electrons. The molecule has 9 rings (SSSR count). The number of urea groups is 1. The number of piperazine rings is 1. The van der Waals surface area contributed by atoms with Crippen molar-refractivity contribution in [2.45, 2.75) is 76.5 Å². The van der Waals surface area contributed by atoms with Crippen molar-refractivity contribution in [3.8, 4) is 6.07 Å². The van der Waals surface area contributed by atoms with Crippen molar-refractivity contribution < 1.29 is 24.3 Å². The number of nitrogens with one attached hydrogen (secondary N) is 2. The van der Waals surface area contributed by atoms with Gasteiger partial charge in [0.25, 0.3) is 5.91 Å². The molecule has 6 heterocycles. The summed E-state index contributed by atoms with van der Waals surface area (Å²) in [5.74, 6) is -0.327. The van der Waals surface area contributed by atoms with Gasteiger partial charge in [-0.1, -0.05) is 0 Å². The molecule has 0 radical (unpaired) electrons. The molecule has 0 unspecified atom stereocenters. The molecule has 61 heavy (non-hydrogen) atoms. The first-order valence-electron chi connectivity index (χ1n) is 21.4. The number of aliphatic hydroxyl groups is 1. The van der Waals surface area contributed by atoms with Gasteiger partial charge in [0.15, 0.2) is 0 Å². The normalized spacial score (nSPS) is 20.9. The minimum absolute atomic E-state index is 0.0281. The van der Waals surface area contributed by atoms with Crippen LogP contribution in [0.2, 0.25) is 0 Å². The zero-order valence-corrected chi connectivity index (χ0v) is 34.6. The fraction of sp³-hybridized carbons (Fsp3) is 0.444. The fourth-order valence-corrected chi connectivity index (χ4v) is 9.60. The Balaban J connectivity index is 0.763. The van der Waals surface area contributed by atoms with Crippen LogP contribution < -0.4 is 20.4 Å². The molecule has 0 atom stereocenters. The van der Waals surface area contributed by atoms with Gasteiger partial charge in [0, 0.05) is 98.4 Å². The summed E-state index contributed by atoms with van der Waals surface area (Å²) in [7, 11) is 0. The zero-order chi connectivity index (χ0) is 42.4. The van der Waals surface area contributed by atoms with Gasteiger partial charge in [-0.15, -0.1) is 0 Å². The molecule has 3 aromatic heterocycles. The highest BCUT2D eigenvalue weighted by Crippen LogP contribution is 2.36. The van der Waals surface area contributed by atoms with E-state index in [1.165, 1.54) is 10.7 Å². The number of anilines is 3. The van der Waals surface area contributed by atoms with Gasteiger partial charge in [0.2, 0.25) is 11.8 Å². The summed E-state index contributed by atoms with van der Waals surface area (Å²) in [6.07, 6.45) is 9.44. The standard InChI is InChI=1S/C45H51N11O5/c1-45(2,61)37-25-38-31(24-39(37)48-42(58)40-12-11-36-23-29(26-46)27-47-56(36)40)28-55(50-38)35-9-5-33(6-10-35)52-19-21-53(22-20-52)43(59)30-13-16-51(17-14-30)32-3-7-34(8-4-32)54-18-15-41(57)49-44(54)60/h3-4,7-8,11-12,23-25,27-28,30,33,35,61H,5-6,9-10,13-22H2,1-2H3,(H,48,58)(H,49,57,60). The van der Waals surface area contributed by atoms with Crippen LogP contribution in [0.25, 0.3) is 16.4 Å². The molecule has 0 bridgehead atoms. The molecule has 5 aromatic rings. The average Bonchev–Trinajstić information content (AvgIpc) is 3.90. The number of nitrogens with zero attached hydrogens (tertiary/aromatic N) is 9. The Hall–Kier alpha value is -6.31. The number of carbonyl (C=O) groups is 4. The average molecular weight is 826 g/mol. The molecule has 16 nitrogen and oxygen atoms in total. The summed E-state index contributed by atoms with van der Waals surface area (Å²) >= 11 is 0. The van der Waals surface area contributed by atoms with E-state index in [4.69, 9.17) is 5.10 Å². The predicted octanol–water partition coefficient (Wildman–Crippen LogP) is 5.03. The van der Waals surface area contributed by atoms with E-state index in [2.05, 4.69) is 41.2 Å². The number of amides is 5. The Labute approximate surface area is 353 Å². The maximum Gasteiger partial charge on any atom is 0.328 e. The minimum Gasteiger partial charge on any atom is -0.386 e. The van der Waals surface area contributed by atoms with Crippen molar-refractivity contribution in [2.24, 2.45) is 5.92 Å². The van der Waals surface area contributed by atoms with Crippen molar-refractivity contribution >= 4 is 57.2 Å². The summed E-state index contributed by atoms with van der Waals surface area (Å²) in [6.45, 7) is 8.62. The van der Waals surface area contributed by atoms with E-state index in [1.807, 2.05) is 42.6 Å². The third-order valence-corrected chi connectivity index (χ3v) is 13.0. The molecule has 4 fully saturated rings. The van der Waals surface area contributed by atoms with Crippen LogP contribution in [-0.2, 0) is 15.2 Å². The highest BCUT2D eigenvalue weighted by Gasteiger charge is 2.34. The Bertz CT molecular complexity index is 2530. The van der Waals surface area contributed by atoms with Crippen molar-refractivity contribution in [1.29, 1.82) is 5.26 Å². The number of aromatic nitrogens is 4. The van der Waals surface area contributed by atoms with Gasteiger partial charge < -0.3 is 20.2 Å². The quantitative estimate of drug-likeness (QED) is 0.192. The third kappa shape index (κ3) is 8.15. The number of nitriles is 1. The van der Waals surface area contributed by atoms with Crippen molar-refractivity contribution in [3.05, 3.63) is 83.8 Å². The Morgan fingerprint density at radius 3 is 2.26 bits per heavy atom. The van der Waals surface area contributed by atoms with Gasteiger partial charge in [-0.25, -0.2) is 9.31 Å². The lowest BCUT2D eigenvalue weighted by molar-refractivity contribution is -0.138. The number of imide groups is 1. The molecular formula is C45H51N11O5. The lowest BCUT2D eigenvalue weighted by Gasteiger charge is -2.43. The molecule has 0 spiro atoms. The minimum atomic E-state index is -1.25. The lowest BCUT2D eigenvalue weighted by atomic mass is 9.89. The predicted molar refractivity (Wildman–Crippen MR) is 229 cm³/mol. The second-order valence-electron chi connectivity index (χ2n) is 17.3. The second kappa shape index (κ2) is 16.3. The summed E-state index contributed by atoms with van der Waals surface area (Å²) in [4.78, 5) is 59.5. The Morgan fingerprint density at radius 1 is 0.869 bits per heavy atom. The monoisotopic (exact) mass is 825 g/mol. The van der Waals surface area contributed by atoms with Crippen LogP contribution in [0.3, 0.4) is 0 Å². The van der Waals surface area contributed by atoms with E-state index in [0.29, 0.717) is 47.0 Å². The molecule has 16 heteroatoms. The van der Waals surface area contributed by atoms with Gasteiger partial charge in [-0.3, -0.25) is 34.2 Å². The maximum absolute atomic E-state index is 13.7. The number of hydrogen-bond donors (Lipinski definition) is 3. The SMILES string of the molecule is CC(C)(O)c1cc2nn(C3CCC(N4CCN(C(=O)C5CCN(c6ccc(N7CCC(=O)NC7=O)cc6)CC5)CC4)CC3)cc2cc1NC(=O)c1ccc2cc(C#N)cnn12. The molecule has 1 saturated carbocycles. The molecule has 4 aliphatic rings. The van der Waals surface area contributed by atoms with Crippen molar-refractivity contribution in [3.63, 3.8) is 0 Å². The van der Waals surface area contributed by atoms with Crippen LogP contribution in [0.4, 0.5) is 21.9 Å². The highest BCUT2D eigenvalue weighted by atomic mass is 16.3. The number of hydrogen-bond acceptors (Lipinski definition) is 10. The summed E-state index contributed by atoms with van der Waals surface area (Å²) in [6, 6.07) is 19.1. The first-order chi connectivity index (χ1) is 29.4. The smallest absolute Gasteiger partial charge is 0.328 e. The van der Waals surface area contributed by atoms with E-state index in [9.17, 15) is 29.5 Å². The number of rotatable bonds is 8. The summed E-state index contributed by atoms with van der Waals surface area (Å²) in [5.41, 5.74) is 3.74. The largest absolute Gasteiger partial charge is 0.386 e. The molecule has 3 N–H and O–H groups in total. The number of fused-ring (bicyclic) bond motifs is 2. The molecule has 3 aliphatic heterocycles. The van der Waals surface area contributed by atoms with E-state index < -0.39 is 5.60 Å². The van der Waals surface area contributed by atoms with Crippen LogP contribution in [0.15, 0.2) is 67.0 Å². The van der Waals surface area contributed by atoms with Crippen molar-refractivity contribution in [1.82, 2.24) is 34.5 Å². The van der Waals surface area contributed by atoms with E-state index in [1.54, 1.807) is 36.9 Å². The zero-order valence-electron chi connectivity index (χ0n) is 34.6. The third-order valence-electron chi connectivity index (χ3n) is 13.0. The van der Waals surface area contributed by atoms with E-state index in [0.717, 1.165) is 100 Å². The highest BCUT2D eigenvalue weighted by molar-refractivity contribution is 6.06. The fourth-order valence-electron chi connectivity index (χ4n) is 9.60. The first kappa shape index (κ1) is 40.1. The van der Waals surface area contributed by atoms with E-state index >= 15 is 0 Å². The maximum atomic E-state index is 13.7. The molecule has 1 aliphatic carbocycles. The molecule has 2 aromatic carbocycles. The van der Waals surface area contributed by atoms with Gasteiger partial charge in [0.1, 0.15) is 11.8 Å². The van der Waals surface area contributed by atoms with E-state index in [-0.39, 0.29) is 35.7 Å². The Kier molecular flexibility index (Phi) is 10.7. The molecule has 5 amide bonds. The number of piperidine rings is 1. The summed E-state index contributed by atoms with van der Waals surface area (Å²) < 4.78 is 3.54. The van der Waals surface area contributed by atoms with Crippen molar-refractivity contribution in [2.75, 3.05) is 60.9 Å². The molecular weight excluding hydrogens is 775 g/mol. The van der Waals surface area contributed by atoms with Crippen LogP contribution in [0, 0.1) is 17.2 Å². The summed E-state index contributed by atoms with van der Waals surface area (Å²) in [5, 5.41) is 35.9. The van der Waals surface area contributed by atoms with Crippen LogP contribution in [0.5, 0.6) is 0 Å². The second-order valence-corrected chi connectivity index (χ2v) is 17.3. The number of benzene rings is 2. The number of carbonyl (C=O) groups excluding carboxylic acids is 4. The van der Waals surface area contributed by atoms with Gasteiger partial charge >= 0.3 is 6.03 Å². The Morgan fingerprint density at radius 2 is 1.57 bits per heavy atom. The van der Waals surface area contributed by atoms with Crippen LogP contribution >= 0.6 is 0 Å². The van der Waals surface area contributed by atoms with Crippen LogP contribution in [-0.4, -0.2) is 110 Å². The first-order valence-corrected chi connectivity index (χ1v) is 21.4.